The maximum atomic E-state index is 13.0. The molecular weight excluding hydrogens is 390 g/mol. The fourth-order valence-electron chi connectivity index (χ4n) is 3.74. The van der Waals surface area contributed by atoms with Crippen molar-refractivity contribution < 1.29 is 14.3 Å². The van der Waals surface area contributed by atoms with Gasteiger partial charge in [0, 0.05) is 36.1 Å². The molecule has 0 unspecified atom stereocenters. The molecule has 158 valence electrons. The molecular formula is C25H25N3O3. The molecule has 6 nitrogen and oxygen atoms in total. The van der Waals surface area contributed by atoms with E-state index in [1.54, 1.807) is 19.2 Å². The average Bonchev–Trinajstić information content (AvgIpc) is 3.20. The predicted molar refractivity (Wildman–Crippen MR) is 122 cm³/mol. The fraction of sp³-hybridized carbons (Fsp3) is 0.200. The lowest BCUT2D eigenvalue weighted by atomic mass is 10.1. The van der Waals surface area contributed by atoms with Gasteiger partial charge in [-0.2, -0.15) is 0 Å². The number of aryl methyl sites for hydroxylation is 1. The van der Waals surface area contributed by atoms with Crippen molar-refractivity contribution in [3.63, 3.8) is 0 Å². The zero-order valence-corrected chi connectivity index (χ0v) is 17.6. The number of hydrogen-bond donors (Lipinski definition) is 2. The standard InChI is InChI=1S/C25H25N3O3/c1-17-5-3-6-20(13-17)24(29)28-12-11-19-10-9-18(14-23(19)28)16-26-25(30)27-21-7-4-8-22(15-21)31-2/h3-10,13-15H,11-12,16H2,1-2H3,(H2,26,27,30). The van der Waals surface area contributed by atoms with E-state index in [2.05, 4.69) is 10.6 Å². The molecule has 1 aliphatic rings. The lowest BCUT2D eigenvalue weighted by molar-refractivity contribution is 0.0989. The molecule has 0 saturated heterocycles. The van der Waals surface area contributed by atoms with Gasteiger partial charge in [-0.25, -0.2) is 4.79 Å². The summed E-state index contributed by atoms with van der Waals surface area (Å²) in [7, 11) is 1.58. The number of rotatable bonds is 5. The predicted octanol–water partition coefficient (Wildman–Crippen LogP) is 4.53. The SMILES string of the molecule is COc1cccc(NC(=O)NCc2ccc3c(c2)N(C(=O)c2cccc(C)c2)CC3)c1. The third kappa shape index (κ3) is 4.69. The van der Waals surface area contributed by atoms with E-state index < -0.39 is 0 Å². The van der Waals surface area contributed by atoms with Crippen molar-refractivity contribution in [3.8, 4) is 5.75 Å². The second-order valence-corrected chi connectivity index (χ2v) is 7.58. The lowest BCUT2D eigenvalue weighted by Gasteiger charge is -2.18. The van der Waals surface area contributed by atoms with Crippen LogP contribution in [0.2, 0.25) is 0 Å². The number of methoxy groups -OCH3 is 1. The maximum Gasteiger partial charge on any atom is 0.319 e. The molecule has 0 fully saturated rings. The number of amides is 3. The topological polar surface area (TPSA) is 70.7 Å². The Labute approximate surface area is 181 Å². The van der Waals surface area contributed by atoms with Crippen LogP contribution in [0.4, 0.5) is 16.2 Å². The number of ether oxygens (including phenoxy) is 1. The van der Waals surface area contributed by atoms with Crippen LogP contribution in [0.3, 0.4) is 0 Å². The van der Waals surface area contributed by atoms with Crippen LogP contribution in [0.15, 0.2) is 66.7 Å². The first kappa shape index (κ1) is 20.5. The minimum atomic E-state index is -0.304. The summed E-state index contributed by atoms with van der Waals surface area (Å²) >= 11 is 0. The molecule has 6 heteroatoms. The molecule has 3 aromatic carbocycles. The minimum Gasteiger partial charge on any atom is -0.497 e. The van der Waals surface area contributed by atoms with Crippen molar-refractivity contribution in [2.45, 2.75) is 19.9 Å². The highest BCUT2D eigenvalue weighted by atomic mass is 16.5. The van der Waals surface area contributed by atoms with E-state index in [4.69, 9.17) is 4.74 Å². The normalized spacial score (nSPS) is 12.3. The Hall–Kier alpha value is -3.80. The highest BCUT2D eigenvalue weighted by Crippen LogP contribution is 2.30. The summed E-state index contributed by atoms with van der Waals surface area (Å²) < 4.78 is 5.17. The molecule has 0 bridgehead atoms. The molecule has 1 heterocycles. The number of hydrogen-bond acceptors (Lipinski definition) is 3. The molecule has 3 amide bonds. The summed E-state index contributed by atoms with van der Waals surface area (Å²) in [6.07, 6.45) is 0.830. The Bertz CT molecular complexity index is 1130. The Balaban J connectivity index is 1.42. The van der Waals surface area contributed by atoms with E-state index in [1.165, 1.54) is 0 Å². The molecule has 0 spiro atoms. The van der Waals surface area contributed by atoms with Crippen LogP contribution in [0.25, 0.3) is 0 Å². The van der Waals surface area contributed by atoms with Gasteiger partial charge in [0.2, 0.25) is 0 Å². The number of benzene rings is 3. The number of anilines is 2. The van der Waals surface area contributed by atoms with Crippen LogP contribution < -0.4 is 20.3 Å². The number of nitrogens with one attached hydrogen (secondary N) is 2. The molecule has 3 aromatic rings. The molecule has 1 aliphatic heterocycles. The molecule has 2 N–H and O–H groups in total. The molecule has 4 rings (SSSR count). The summed E-state index contributed by atoms with van der Waals surface area (Å²) in [5.41, 5.74) is 5.40. The second-order valence-electron chi connectivity index (χ2n) is 7.58. The molecule has 0 atom stereocenters. The molecule has 0 aliphatic carbocycles. The van der Waals surface area contributed by atoms with Crippen molar-refractivity contribution in [3.05, 3.63) is 89.0 Å². The van der Waals surface area contributed by atoms with Gasteiger partial charge in [0.25, 0.3) is 5.91 Å². The van der Waals surface area contributed by atoms with Crippen LogP contribution in [-0.2, 0) is 13.0 Å². The summed E-state index contributed by atoms with van der Waals surface area (Å²) in [4.78, 5) is 27.1. The lowest BCUT2D eigenvalue weighted by Crippen LogP contribution is -2.29. The van der Waals surface area contributed by atoms with Gasteiger partial charge in [0.1, 0.15) is 5.75 Å². The van der Waals surface area contributed by atoms with Gasteiger partial charge in [-0.15, -0.1) is 0 Å². The number of urea groups is 1. The highest BCUT2D eigenvalue weighted by molar-refractivity contribution is 6.07. The second kappa shape index (κ2) is 8.92. The van der Waals surface area contributed by atoms with Crippen molar-refractivity contribution in [2.24, 2.45) is 0 Å². The first-order valence-corrected chi connectivity index (χ1v) is 10.2. The van der Waals surface area contributed by atoms with Crippen molar-refractivity contribution in [1.82, 2.24) is 5.32 Å². The monoisotopic (exact) mass is 415 g/mol. The molecule has 0 aromatic heterocycles. The van der Waals surface area contributed by atoms with Gasteiger partial charge in [0.15, 0.2) is 0 Å². The zero-order chi connectivity index (χ0) is 21.8. The van der Waals surface area contributed by atoms with Crippen LogP contribution >= 0.6 is 0 Å². The van der Waals surface area contributed by atoms with E-state index in [0.717, 1.165) is 28.8 Å². The van der Waals surface area contributed by atoms with Crippen molar-refractivity contribution >= 4 is 23.3 Å². The third-order valence-electron chi connectivity index (χ3n) is 5.34. The summed E-state index contributed by atoms with van der Waals surface area (Å²) in [6, 6.07) is 20.5. The van der Waals surface area contributed by atoms with E-state index in [9.17, 15) is 9.59 Å². The van der Waals surface area contributed by atoms with E-state index >= 15 is 0 Å². The van der Waals surface area contributed by atoms with Crippen LogP contribution in [0, 0.1) is 6.92 Å². The van der Waals surface area contributed by atoms with Gasteiger partial charge in [-0.1, -0.05) is 35.9 Å². The Morgan fingerprint density at radius 1 is 1.03 bits per heavy atom. The molecule has 0 radical (unpaired) electrons. The number of carbonyl (C=O) groups excluding carboxylic acids is 2. The Morgan fingerprint density at radius 3 is 2.68 bits per heavy atom. The van der Waals surface area contributed by atoms with E-state index in [0.29, 0.717) is 30.1 Å². The molecule has 31 heavy (non-hydrogen) atoms. The molecule has 0 saturated carbocycles. The minimum absolute atomic E-state index is 0.00308. The van der Waals surface area contributed by atoms with E-state index in [1.807, 2.05) is 66.4 Å². The number of nitrogens with zero attached hydrogens (tertiary/aromatic N) is 1. The zero-order valence-electron chi connectivity index (χ0n) is 17.6. The summed E-state index contributed by atoms with van der Waals surface area (Å²) in [6.45, 7) is 3.00. The summed E-state index contributed by atoms with van der Waals surface area (Å²) in [5, 5.41) is 5.66. The van der Waals surface area contributed by atoms with Crippen LogP contribution in [0.1, 0.15) is 27.0 Å². The van der Waals surface area contributed by atoms with Gasteiger partial charge < -0.3 is 20.3 Å². The summed E-state index contributed by atoms with van der Waals surface area (Å²) in [5.74, 6) is 0.679. The maximum absolute atomic E-state index is 13.0. The van der Waals surface area contributed by atoms with Gasteiger partial charge in [-0.05, 0) is 54.8 Å². The Morgan fingerprint density at radius 2 is 1.87 bits per heavy atom. The van der Waals surface area contributed by atoms with Crippen molar-refractivity contribution in [1.29, 1.82) is 0 Å². The van der Waals surface area contributed by atoms with Crippen LogP contribution in [0.5, 0.6) is 5.75 Å². The first-order valence-electron chi connectivity index (χ1n) is 10.2. The number of fused-ring (bicyclic) bond motifs is 1. The van der Waals surface area contributed by atoms with E-state index in [-0.39, 0.29) is 11.9 Å². The van der Waals surface area contributed by atoms with Gasteiger partial charge in [-0.3, -0.25) is 4.79 Å². The third-order valence-corrected chi connectivity index (χ3v) is 5.34. The average molecular weight is 415 g/mol. The Kier molecular flexibility index (Phi) is 5.89. The smallest absolute Gasteiger partial charge is 0.319 e. The largest absolute Gasteiger partial charge is 0.497 e. The van der Waals surface area contributed by atoms with Crippen molar-refractivity contribution in [2.75, 3.05) is 23.9 Å². The van der Waals surface area contributed by atoms with Crippen LogP contribution in [-0.4, -0.2) is 25.6 Å². The van der Waals surface area contributed by atoms with Gasteiger partial charge in [0.05, 0.1) is 7.11 Å². The van der Waals surface area contributed by atoms with Gasteiger partial charge >= 0.3 is 6.03 Å². The number of carbonyl (C=O) groups is 2. The highest BCUT2D eigenvalue weighted by Gasteiger charge is 2.25. The first-order chi connectivity index (χ1) is 15.0. The fourth-order valence-corrected chi connectivity index (χ4v) is 3.74. The quantitative estimate of drug-likeness (QED) is 0.643.